The summed E-state index contributed by atoms with van der Waals surface area (Å²) in [7, 11) is 1.87. The van der Waals surface area contributed by atoms with E-state index in [0.717, 1.165) is 18.2 Å². The van der Waals surface area contributed by atoms with Crippen LogP contribution in [0.15, 0.2) is 24.5 Å². The van der Waals surface area contributed by atoms with Crippen LogP contribution in [0.4, 0.5) is 17.6 Å². The Bertz CT molecular complexity index is 464. The Balaban J connectivity index is 2.12. The van der Waals surface area contributed by atoms with Gasteiger partial charge < -0.3 is 10.6 Å². The lowest BCUT2D eigenvalue weighted by Gasteiger charge is -2.04. The van der Waals surface area contributed by atoms with Crippen molar-refractivity contribution in [1.82, 2.24) is 19.7 Å². The molecule has 0 aliphatic carbocycles. The maximum Gasteiger partial charge on any atom is 0.224 e. The normalized spacial score (nSPS) is 10.1. The lowest BCUT2D eigenvalue weighted by atomic mass is 10.5. The molecular formula is C10H14N6. The van der Waals surface area contributed by atoms with Gasteiger partial charge in [0.2, 0.25) is 5.95 Å². The summed E-state index contributed by atoms with van der Waals surface area (Å²) in [6, 6.07) is 3.69. The molecule has 0 bridgehead atoms. The Morgan fingerprint density at radius 2 is 2.19 bits per heavy atom. The van der Waals surface area contributed by atoms with Crippen molar-refractivity contribution in [3.8, 4) is 0 Å². The summed E-state index contributed by atoms with van der Waals surface area (Å²) in [5.74, 6) is 2.11. The number of rotatable bonds is 4. The Kier molecular flexibility index (Phi) is 3.00. The Labute approximate surface area is 93.7 Å². The summed E-state index contributed by atoms with van der Waals surface area (Å²) < 4.78 is 1.73. The highest BCUT2D eigenvalue weighted by Crippen LogP contribution is 2.12. The maximum atomic E-state index is 4.28. The van der Waals surface area contributed by atoms with Crippen LogP contribution in [0.2, 0.25) is 0 Å². The molecule has 0 aliphatic heterocycles. The molecule has 0 saturated heterocycles. The minimum absolute atomic E-state index is 0.614. The summed E-state index contributed by atoms with van der Waals surface area (Å²) in [6.45, 7) is 2.80. The van der Waals surface area contributed by atoms with Crippen LogP contribution in [0.3, 0.4) is 0 Å². The Hall–Kier alpha value is -2.11. The predicted molar refractivity (Wildman–Crippen MR) is 62.7 cm³/mol. The Morgan fingerprint density at radius 1 is 1.31 bits per heavy atom. The van der Waals surface area contributed by atoms with Crippen LogP contribution in [-0.2, 0) is 7.05 Å². The second kappa shape index (κ2) is 4.61. The molecule has 0 aliphatic rings. The van der Waals surface area contributed by atoms with Gasteiger partial charge in [-0.05, 0) is 13.0 Å². The van der Waals surface area contributed by atoms with Crippen molar-refractivity contribution in [2.45, 2.75) is 6.92 Å². The molecular weight excluding hydrogens is 204 g/mol. The van der Waals surface area contributed by atoms with E-state index < -0.39 is 0 Å². The molecule has 0 saturated carbocycles. The monoisotopic (exact) mass is 218 g/mol. The Morgan fingerprint density at radius 3 is 2.88 bits per heavy atom. The number of nitrogens with one attached hydrogen (secondary N) is 2. The summed E-state index contributed by atoms with van der Waals surface area (Å²) in [4.78, 5) is 8.37. The van der Waals surface area contributed by atoms with Gasteiger partial charge >= 0.3 is 0 Å². The molecule has 0 spiro atoms. The second-order valence-corrected chi connectivity index (χ2v) is 3.30. The average molecular weight is 218 g/mol. The minimum Gasteiger partial charge on any atom is -0.354 e. The van der Waals surface area contributed by atoms with E-state index in [4.69, 9.17) is 0 Å². The van der Waals surface area contributed by atoms with Crippen LogP contribution in [0.1, 0.15) is 6.92 Å². The fraction of sp³-hybridized carbons (Fsp3) is 0.300. The van der Waals surface area contributed by atoms with E-state index in [9.17, 15) is 0 Å². The van der Waals surface area contributed by atoms with Gasteiger partial charge in [0.1, 0.15) is 5.82 Å². The zero-order valence-corrected chi connectivity index (χ0v) is 9.31. The molecule has 2 aromatic heterocycles. The molecule has 16 heavy (non-hydrogen) atoms. The predicted octanol–water partition coefficient (Wildman–Crippen LogP) is 1.39. The highest BCUT2D eigenvalue weighted by molar-refractivity contribution is 5.51. The van der Waals surface area contributed by atoms with Crippen LogP contribution >= 0.6 is 0 Å². The third kappa shape index (κ3) is 2.47. The number of anilines is 3. The second-order valence-electron chi connectivity index (χ2n) is 3.30. The van der Waals surface area contributed by atoms with Crippen molar-refractivity contribution in [3.63, 3.8) is 0 Å². The van der Waals surface area contributed by atoms with Crippen LogP contribution in [0.25, 0.3) is 0 Å². The van der Waals surface area contributed by atoms with Crippen molar-refractivity contribution >= 4 is 17.6 Å². The fourth-order valence-electron chi connectivity index (χ4n) is 1.28. The summed E-state index contributed by atoms with van der Waals surface area (Å²) in [5, 5.41) is 10.4. The molecule has 6 nitrogen and oxygen atoms in total. The first-order chi connectivity index (χ1) is 7.78. The van der Waals surface area contributed by atoms with Crippen LogP contribution in [0.5, 0.6) is 0 Å². The zero-order chi connectivity index (χ0) is 11.4. The third-order valence-electron chi connectivity index (χ3n) is 1.96. The van der Waals surface area contributed by atoms with Gasteiger partial charge in [0.25, 0.3) is 0 Å². The largest absolute Gasteiger partial charge is 0.354 e. The third-order valence-corrected chi connectivity index (χ3v) is 1.96. The molecule has 84 valence electrons. The summed E-state index contributed by atoms with van der Waals surface area (Å²) in [5.41, 5.74) is 0. The standard InChI is InChI=1S/C10H14N6/c1-3-11-10-12-6-4-8(14-10)13-9-5-7-16(2)15-9/h4-7H,3H2,1-2H3,(H2,11,12,13,14,15). The average Bonchev–Trinajstić information content (AvgIpc) is 2.65. The minimum atomic E-state index is 0.614. The molecule has 2 rings (SSSR count). The van der Waals surface area contributed by atoms with Crippen LogP contribution < -0.4 is 10.6 Å². The highest BCUT2D eigenvalue weighted by atomic mass is 15.3. The van der Waals surface area contributed by atoms with E-state index in [1.807, 2.05) is 26.2 Å². The van der Waals surface area contributed by atoms with Gasteiger partial charge in [-0.2, -0.15) is 10.1 Å². The van der Waals surface area contributed by atoms with Gasteiger partial charge in [-0.1, -0.05) is 0 Å². The van der Waals surface area contributed by atoms with Crippen LogP contribution in [-0.4, -0.2) is 26.3 Å². The highest BCUT2D eigenvalue weighted by Gasteiger charge is 2.00. The maximum absolute atomic E-state index is 4.28. The van der Waals surface area contributed by atoms with Crippen molar-refractivity contribution in [2.24, 2.45) is 7.05 Å². The number of hydrogen-bond acceptors (Lipinski definition) is 5. The van der Waals surface area contributed by atoms with Gasteiger partial charge in [-0.25, -0.2) is 4.98 Å². The molecule has 0 radical (unpaired) electrons. The molecule has 0 aromatic carbocycles. The number of aromatic nitrogens is 4. The lowest BCUT2D eigenvalue weighted by Crippen LogP contribution is -2.03. The molecule has 0 unspecified atom stereocenters. The molecule has 0 amide bonds. The van der Waals surface area contributed by atoms with E-state index in [1.54, 1.807) is 16.9 Å². The fourth-order valence-corrected chi connectivity index (χ4v) is 1.28. The number of nitrogens with zero attached hydrogens (tertiary/aromatic N) is 4. The van der Waals surface area contributed by atoms with Crippen LogP contribution in [0, 0.1) is 0 Å². The SMILES string of the molecule is CCNc1nccc(Nc2ccn(C)n2)n1. The zero-order valence-electron chi connectivity index (χ0n) is 9.31. The first kappa shape index (κ1) is 10.4. The van der Waals surface area contributed by atoms with Gasteiger partial charge in [0.15, 0.2) is 5.82 Å². The lowest BCUT2D eigenvalue weighted by molar-refractivity contribution is 0.771. The van der Waals surface area contributed by atoms with Crippen molar-refractivity contribution < 1.29 is 0 Å². The molecule has 2 aromatic rings. The van der Waals surface area contributed by atoms with Crippen molar-refractivity contribution in [3.05, 3.63) is 24.5 Å². The smallest absolute Gasteiger partial charge is 0.224 e. The molecule has 0 atom stereocenters. The van der Waals surface area contributed by atoms with E-state index in [-0.39, 0.29) is 0 Å². The first-order valence-electron chi connectivity index (χ1n) is 5.11. The number of aryl methyl sites for hydroxylation is 1. The molecule has 2 heterocycles. The quantitative estimate of drug-likeness (QED) is 0.811. The van der Waals surface area contributed by atoms with E-state index in [2.05, 4.69) is 25.7 Å². The first-order valence-corrected chi connectivity index (χ1v) is 5.11. The summed E-state index contributed by atoms with van der Waals surface area (Å²) in [6.07, 6.45) is 3.57. The van der Waals surface area contributed by atoms with Gasteiger partial charge in [0.05, 0.1) is 0 Å². The van der Waals surface area contributed by atoms with Gasteiger partial charge in [-0.3, -0.25) is 4.68 Å². The van der Waals surface area contributed by atoms with E-state index in [1.165, 1.54) is 0 Å². The van der Waals surface area contributed by atoms with E-state index in [0.29, 0.717) is 5.95 Å². The molecule has 2 N–H and O–H groups in total. The topological polar surface area (TPSA) is 67.7 Å². The molecule has 6 heteroatoms. The van der Waals surface area contributed by atoms with Crippen molar-refractivity contribution in [2.75, 3.05) is 17.2 Å². The van der Waals surface area contributed by atoms with Gasteiger partial charge in [0, 0.05) is 32.1 Å². The number of hydrogen-bond donors (Lipinski definition) is 2. The van der Waals surface area contributed by atoms with Crippen molar-refractivity contribution in [1.29, 1.82) is 0 Å². The van der Waals surface area contributed by atoms with Gasteiger partial charge in [-0.15, -0.1) is 0 Å². The molecule has 0 fully saturated rings. The summed E-state index contributed by atoms with van der Waals surface area (Å²) >= 11 is 0. The van der Waals surface area contributed by atoms with E-state index >= 15 is 0 Å².